The van der Waals surface area contributed by atoms with E-state index in [2.05, 4.69) is 32.6 Å². The summed E-state index contributed by atoms with van der Waals surface area (Å²) in [5.74, 6) is -0.689. The number of pyridine rings is 1. The highest BCUT2D eigenvalue weighted by atomic mass is 19.4. The van der Waals surface area contributed by atoms with Gasteiger partial charge in [0, 0.05) is 36.8 Å². The van der Waals surface area contributed by atoms with Crippen LogP contribution in [0.5, 0.6) is 0 Å². The molecule has 1 amide bonds. The second-order valence-corrected chi connectivity index (χ2v) is 7.73. The number of hydrogen-bond donors (Lipinski definition) is 3. The van der Waals surface area contributed by atoms with Gasteiger partial charge in [0.25, 0.3) is 0 Å². The summed E-state index contributed by atoms with van der Waals surface area (Å²) in [6.45, 7) is 3.38. The van der Waals surface area contributed by atoms with Crippen molar-refractivity contribution in [2.75, 3.05) is 16.0 Å². The Kier molecular flexibility index (Phi) is 6.73. The fourth-order valence-corrected chi connectivity index (χ4v) is 3.37. The molecule has 2 aromatic heterocycles. The molecule has 0 aliphatic heterocycles. The minimum Gasteiger partial charge on any atom is -0.352 e. The van der Waals surface area contributed by atoms with E-state index < -0.39 is 23.5 Å². The van der Waals surface area contributed by atoms with Crippen LogP contribution in [-0.4, -0.2) is 20.7 Å². The van der Waals surface area contributed by atoms with Crippen LogP contribution in [0.4, 0.5) is 46.1 Å². The van der Waals surface area contributed by atoms with Crippen molar-refractivity contribution in [1.29, 1.82) is 0 Å². The van der Waals surface area contributed by atoms with E-state index in [1.807, 2.05) is 0 Å². The van der Waals surface area contributed by atoms with Crippen LogP contribution >= 0.6 is 0 Å². The molecule has 0 spiro atoms. The molecule has 2 heterocycles. The number of carbonyl (C=O) groups is 1. The molecule has 0 aliphatic carbocycles. The van der Waals surface area contributed by atoms with Gasteiger partial charge in [-0.25, -0.2) is 9.37 Å². The fourth-order valence-electron chi connectivity index (χ4n) is 3.37. The molecule has 0 fully saturated rings. The molecule has 0 bridgehead atoms. The molecule has 0 unspecified atom stereocenters. The van der Waals surface area contributed by atoms with E-state index in [0.717, 1.165) is 18.2 Å². The van der Waals surface area contributed by atoms with Crippen LogP contribution in [0.15, 0.2) is 79.8 Å². The van der Waals surface area contributed by atoms with Crippen molar-refractivity contribution in [3.63, 3.8) is 0 Å². The lowest BCUT2D eigenvalue weighted by molar-refractivity contribution is -0.137. The monoisotopic (exact) mass is 496 g/mol. The maximum atomic E-state index is 14.7. The van der Waals surface area contributed by atoms with Gasteiger partial charge >= 0.3 is 6.18 Å². The number of nitrogens with one attached hydrogen (secondary N) is 3. The molecule has 184 valence electrons. The highest BCUT2D eigenvalue weighted by Gasteiger charge is 2.30. The van der Waals surface area contributed by atoms with Gasteiger partial charge in [-0.1, -0.05) is 18.7 Å². The summed E-state index contributed by atoms with van der Waals surface area (Å²) in [5.41, 5.74) is 1.44. The lowest BCUT2D eigenvalue weighted by Gasteiger charge is -2.16. The molecule has 7 nitrogen and oxygen atoms in total. The summed E-state index contributed by atoms with van der Waals surface area (Å²) in [5, 5.41) is 12.7. The van der Waals surface area contributed by atoms with Gasteiger partial charge in [0.2, 0.25) is 5.91 Å². The minimum absolute atomic E-state index is 0.0311. The molecule has 36 heavy (non-hydrogen) atoms. The van der Waals surface area contributed by atoms with E-state index in [-0.39, 0.29) is 5.69 Å². The van der Waals surface area contributed by atoms with E-state index in [1.54, 1.807) is 30.2 Å². The molecule has 2 aromatic carbocycles. The first-order valence-electron chi connectivity index (χ1n) is 10.6. The zero-order valence-corrected chi connectivity index (χ0v) is 18.9. The zero-order chi connectivity index (χ0) is 25.9. The van der Waals surface area contributed by atoms with E-state index in [1.165, 1.54) is 36.5 Å². The topological polar surface area (TPSA) is 83.9 Å². The van der Waals surface area contributed by atoms with Crippen molar-refractivity contribution in [3.8, 4) is 11.1 Å². The Morgan fingerprint density at radius 2 is 1.75 bits per heavy atom. The number of rotatable bonds is 7. The van der Waals surface area contributed by atoms with Crippen molar-refractivity contribution < 1.29 is 22.4 Å². The Hall–Kier alpha value is -4.67. The summed E-state index contributed by atoms with van der Waals surface area (Å²) < 4.78 is 55.4. The number of halogens is 4. The van der Waals surface area contributed by atoms with Crippen LogP contribution < -0.4 is 16.0 Å². The van der Waals surface area contributed by atoms with Gasteiger partial charge < -0.3 is 16.0 Å². The second-order valence-electron chi connectivity index (χ2n) is 7.73. The van der Waals surface area contributed by atoms with Gasteiger partial charge in [-0.2, -0.15) is 18.3 Å². The smallest absolute Gasteiger partial charge is 0.352 e. The first kappa shape index (κ1) is 24.5. The molecule has 0 aliphatic rings. The number of anilines is 5. The predicted octanol–water partition coefficient (Wildman–Crippen LogP) is 6.25. The normalized spacial score (nSPS) is 11.1. The molecule has 0 radical (unpaired) electrons. The zero-order valence-electron chi connectivity index (χ0n) is 18.9. The van der Waals surface area contributed by atoms with Crippen molar-refractivity contribution in [1.82, 2.24) is 14.8 Å². The number of hydrogen-bond acceptors (Lipinski definition) is 5. The summed E-state index contributed by atoms with van der Waals surface area (Å²) in [6.07, 6.45) is 1.38. The predicted molar refractivity (Wildman–Crippen MR) is 130 cm³/mol. The molecule has 0 atom stereocenters. The Morgan fingerprint density at radius 1 is 1.00 bits per heavy atom. The number of alkyl halides is 3. The molecule has 4 aromatic rings. The lowest BCUT2D eigenvalue weighted by Crippen LogP contribution is -2.08. The van der Waals surface area contributed by atoms with E-state index in [9.17, 15) is 22.4 Å². The van der Waals surface area contributed by atoms with Gasteiger partial charge in [0.05, 0.1) is 28.8 Å². The first-order valence-corrected chi connectivity index (χ1v) is 10.6. The van der Waals surface area contributed by atoms with Crippen molar-refractivity contribution in [2.45, 2.75) is 6.18 Å². The highest BCUT2D eigenvalue weighted by molar-refractivity contribution is 5.99. The van der Waals surface area contributed by atoms with E-state index >= 15 is 0 Å². The molecule has 3 N–H and O–H groups in total. The second kappa shape index (κ2) is 9.90. The van der Waals surface area contributed by atoms with Gasteiger partial charge in [0.15, 0.2) is 0 Å². The standard InChI is InChI=1S/C25H20F4N6O/c1-3-24(36)33-17-8-9-20(26)22(10-17)34-21-11-23(32-18-12-31-35(2)14-18)30-13-19(21)15-4-6-16(7-5-15)25(27,28)29/h3-14H,1H2,2H3,(H,33,36)(H2,30,32,34). The lowest BCUT2D eigenvalue weighted by atomic mass is 10.0. The molecule has 11 heteroatoms. The highest BCUT2D eigenvalue weighted by Crippen LogP contribution is 2.36. The summed E-state index contributed by atoms with van der Waals surface area (Å²) in [6, 6.07) is 10.1. The third-order valence-corrected chi connectivity index (χ3v) is 5.09. The first-order chi connectivity index (χ1) is 17.1. The van der Waals surface area contributed by atoms with Crippen LogP contribution in [0.3, 0.4) is 0 Å². The van der Waals surface area contributed by atoms with E-state index in [4.69, 9.17) is 0 Å². The molecular weight excluding hydrogens is 476 g/mol. The average molecular weight is 496 g/mol. The number of benzene rings is 2. The van der Waals surface area contributed by atoms with Crippen molar-refractivity contribution in [2.24, 2.45) is 7.05 Å². The third kappa shape index (κ3) is 5.69. The van der Waals surface area contributed by atoms with E-state index in [0.29, 0.717) is 34.0 Å². The van der Waals surface area contributed by atoms with Crippen LogP contribution in [0.2, 0.25) is 0 Å². The van der Waals surface area contributed by atoms with Crippen LogP contribution in [0.1, 0.15) is 5.56 Å². The van der Waals surface area contributed by atoms with Gasteiger partial charge in [-0.15, -0.1) is 0 Å². The molecule has 0 saturated carbocycles. The van der Waals surface area contributed by atoms with Crippen LogP contribution in [-0.2, 0) is 18.0 Å². The Morgan fingerprint density at radius 3 is 2.39 bits per heavy atom. The van der Waals surface area contributed by atoms with Crippen LogP contribution in [0, 0.1) is 5.82 Å². The van der Waals surface area contributed by atoms with Gasteiger partial charge in [-0.3, -0.25) is 9.48 Å². The molecular formula is C25H20F4N6O. The maximum Gasteiger partial charge on any atom is 0.416 e. The molecule has 4 rings (SSSR count). The summed E-state index contributed by atoms with van der Waals surface area (Å²) in [7, 11) is 1.75. The summed E-state index contributed by atoms with van der Waals surface area (Å²) >= 11 is 0. The average Bonchev–Trinajstić information content (AvgIpc) is 3.25. The number of nitrogens with zero attached hydrogens (tertiary/aromatic N) is 3. The summed E-state index contributed by atoms with van der Waals surface area (Å²) in [4.78, 5) is 16.0. The number of aromatic nitrogens is 3. The minimum atomic E-state index is -4.48. The largest absolute Gasteiger partial charge is 0.416 e. The Labute approximate surface area is 203 Å². The van der Waals surface area contributed by atoms with Gasteiger partial charge in [-0.05, 0) is 42.0 Å². The maximum absolute atomic E-state index is 14.7. The Bertz CT molecular complexity index is 1410. The fraction of sp³-hybridized carbons (Fsp3) is 0.0800. The Balaban J connectivity index is 1.74. The van der Waals surface area contributed by atoms with Gasteiger partial charge in [0.1, 0.15) is 11.6 Å². The SMILES string of the molecule is C=CC(=O)Nc1ccc(F)c(Nc2cc(Nc3cnn(C)c3)ncc2-c2ccc(C(F)(F)F)cc2)c1. The quantitative estimate of drug-likeness (QED) is 0.208. The molecule has 0 saturated heterocycles. The van der Waals surface area contributed by atoms with Crippen molar-refractivity contribution >= 4 is 34.5 Å². The number of carbonyl (C=O) groups excluding carboxylic acids is 1. The third-order valence-electron chi connectivity index (χ3n) is 5.09. The van der Waals surface area contributed by atoms with Crippen LogP contribution in [0.25, 0.3) is 11.1 Å². The number of aryl methyl sites for hydroxylation is 1. The van der Waals surface area contributed by atoms with Crippen molar-refractivity contribution in [3.05, 3.63) is 91.2 Å². The number of amides is 1.